The van der Waals surface area contributed by atoms with Crippen LogP contribution in [0.15, 0.2) is 0 Å². The van der Waals surface area contributed by atoms with Crippen molar-refractivity contribution in [3.05, 3.63) is 0 Å². The lowest BCUT2D eigenvalue weighted by Crippen LogP contribution is -2.34. The largest absolute Gasteiger partial charge is 0.363 e. The van der Waals surface area contributed by atoms with Crippen molar-refractivity contribution in [2.24, 2.45) is 0 Å². The SMILES string of the molecule is FC(F)(Br)C(F)(F)CCCCCCCCCl. The average molecular weight is 328 g/mol. The third-order valence-corrected chi connectivity index (χ3v) is 3.14. The van der Waals surface area contributed by atoms with Crippen LogP contribution in [-0.2, 0) is 0 Å². The molecule has 0 bridgehead atoms. The second-order valence-electron chi connectivity index (χ2n) is 3.76. The maximum absolute atomic E-state index is 12.7. The normalized spacial score (nSPS) is 13.1. The molecule has 98 valence electrons. The molecule has 0 rings (SSSR count). The number of hydrogen-bond acceptors (Lipinski definition) is 0. The Hall–Kier alpha value is 0.490. The summed E-state index contributed by atoms with van der Waals surface area (Å²) < 4.78 is 50.1. The number of alkyl halides is 6. The number of halogens is 6. The highest BCUT2D eigenvalue weighted by Crippen LogP contribution is 2.42. The van der Waals surface area contributed by atoms with Crippen LogP contribution in [0.1, 0.15) is 44.9 Å². The van der Waals surface area contributed by atoms with Crippen molar-refractivity contribution >= 4 is 27.5 Å². The first-order valence-corrected chi connectivity index (χ1v) is 6.64. The van der Waals surface area contributed by atoms with Crippen LogP contribution in [0, 0.1) is 0 Å². The van der Waals surface area contributed by atoms with E-state index in [1.165, 1.54) is 0 Å². The molecule has 0 aromatic carbocycles. The zero-order valence-corrected chi connectivity index (χ0v) is 11.3. The molecule has 0 N–H and O–H groups in total. The van der Waals surface area contributed by atoms with E-state index in [4.69, 9.17) is 11.6 Å². The van der Waals surface area contributed by atoms with Crippen LogP contribution in [0.2, 0.25) is 0 Å². The van der Waals surface area contributed by atoms with Gasteiger partial charge in [-0.25, -0.2) is 0 Å². The van der Waals surface area contributed by atoms with E-state index < -0.39 is 17.2 Å². The summed E-state index contributed by atoms with van der Waals surface area (Å²) in [5.74, 6) is -3.35. The second-order valence-corrected chi connectivity index (χ2v) is 5.14. The van der Waals surface area contributed by atoms with Gasteiger partial charge in [-0.1, -0.05) is 25.7 Å². The van der Waals surface area contributed by atoms with E-state index in [9.17, 15) is 17.6 Å². The quantitative estimate of drug-likeness (QED) is 0.295. The van der Waals surface area contributed by atoms with Gasteiger partial charge in [0.25, 0.3) is 0 Å². The highest BCUT2D eigenvalue weighted by atomic mass is 79.9. The molecule has 0 aliphatic heterocycles. The average Bonchev–Trinajstić information content (AvgIpc) is 2.14. The first-order chi connectivity index (χ1) is 7.31. The number of hydrogen-bond donors (Lipinski definition) is 0. The summed E-state index contributed by atoms with van der Waals surface area (Å²) in [5.41, 5.74) is 0. The summed E-state index contributed by atoms with van der Waals surface area (Å²) in [6.45, 7) is 0. The van der Waals surface area contributed by atoms with Crippen LogP contribution >= 0.6 is 27.5 Å². The summed E-state index contributed by atoms with van der Waals surface area (Å²) in [5, 5.41) is 0. The molecule has 0 heterocycles. The van der Waals surface area contributed by atoms with Gasteiger partial charge in [-0.3, -0.25) is 0 Å². The zero-order valence-electron chi connectivity index (χ0n) is 8.92. The highest BCUT2D eigenvalue weighted by molar-refractivity contribution is 9.10. The Morgan fingerprint density at radius 2 is 1.25 bits per heavy atom. The molecule has 0 nitrogen and oxygen atoms in total. The van der Waals surface area contributed by atoms with Crippen molar-refractivity contribution in [2.75, 3.05) is 5.88 Å². The molecule has 0 atom stereocenters. The molecule has 0 saturated carbocycles. The van der Waals surface area contributed by atoms with Gasteiger partial charge < -0.3 is 0 Å². The van der Waals surface area contributed by atoms with E-state index in [1.807, 2.05) is 0 Å². The molecule has 0 aliphatic rings. The van der Waals surface area contributed by atoms with Crippen molar-refractivity contribution in [3.8, 4) is 0 Å². The summed E-state index contributed by atoms with van der Waals surface area (Å²) in [7, 11) is 0. The maximum Gasteiger partial charge on any atom is 0.363 e. The smallest absolute Gasteiger partial charge is 0.199 e. The van der Waals surface area contributed by atoms with Gasteiger partial charge in [0.1, 0.15) is 0 Å². The van der Waals surface area contributed by atoms with E-state index in [1.54, 1.807) is 15.9 Å². The Morgan fingerprint density at radius 1 is 0.812 bits per heavy atom. The van der Waals surface area contributed by atoms with E-state index in [0.717, 1.165) is 25.7 Å². The predicted octanol–water partition coefficient (Wildman–Crippen LogP) is 5.58. The lowest BCUT2D eigenvalue weighted by atomic mass is 10.1. The lowest BCUT2D eigenvalue weighted by Gasteiger charge is -2.21. The fourth-order valence-electron chi connectivity index (χ4n) is 1.29. The molecule has 0 aromatic heterocycles. The summed E-state index contributed by atoms with van der Waals surface area (Å²) in [4.78, 5) is -4.10. The van der Waals surface area contributed by atoms with E-state index in [2.05, 4.69) is 0 Å². The van der Waals surface area contributed by atoms with Gasteiger partial charge in [-0.05, 0) is 28.8 Å². The Balaban J connectivity index is 3.51. The topological polar surface area (TPSA) is 0 Å². The molecule has 0 aliphatic carbocycles. The third kappa shape index (κ3) is 6.94. The van der Waals surface area contributed by atoms with Gasteiger partial charge in [0.15, 0.2) is 0 Å². The Bertz CT molecular complexity index is 182. The van der Waals surface area contributed by atoms with Crippen molar-refractivity contribution in [1.29, 1.82) is 0 Å². The van der Waals surface area contributed by atoms with Crippen LogP contribution in [0.25, 0.3) is 0 Å². The maximum atomic E-state index is 12.7. The monoisotopic (exact) mass is 326 g/mol. The lowest BCUT2D eigenvalue weighted by molar-refractivity contribution is -0.151. The first kappa shape index (κ1) is 16.5. The molecule has 6 heteroatoms. The van der Waals surface area contributed by atoms with Crippen molar-refractivity contribution in [1.82, 2.24) is 0 Å². The molecule has 0 fully saturated rings. The van der Waals surface area contributed by atoms with Gasteiger partial charge in [-0.15, -0.1) is 11.6 Å². The fourth-order valence-corrected chi connectivity index (χ4v) is 1.68. The zero-order chi connectivity index (χ0) is 12.7. The van der Waals surface area contributed by atoms with E-state index in [0.29, 0.717) is 12.3 Å². The minimum Gasteiger partial charge on any atom is -0.199 e. The second kappa shape index (κ2) is 7.75. The minimum absolute atomic E-state index is 0.120. The first-order valence-electron chi connectivity index (χ1n) is 5.32. The number of rotatable bonds is 9. The van der Waals surface area contributed by atoms with Crippen molar-refractivity contribution in [3.63, 3.8) is 0 Å². The predicted molar refractivity (Wildman–Crippen MR) is 61.9 cm³/mol. The molecule has 0 amide bonds. The van der Waals surface area contributed by atoms with Crippen molar-refractivity contribution < 1.29 is 17.6 Å². The fraction of sp³-hybridized carbons (Fsp3) is 1.00. The van der Waals surface area contributed by atoms with Gasteiger partial charge in [0.05, 0.1) is 0 Å². The molecule has 0 unspecified atom stereocenters. The highest BCUT2D eigenvalue weighted by Gasteiger charge is 2.53. The van der Waals surface area contributed by atoms with Crippen LogP contribution in [0.5, 0.6) is 0 Å². The minimum atomic E-state index is -4.10. The van der Waals surface area contributed by atoms with Crippen molar-refractivity contribution in [2.45, 2.75) is 55.7 Å². The Morgan fingerprint density at radius 3 is 1.69 bits per heavy atom. The summed E-state index contributed by atoms with van der Waals surface area (Å²) >= 11 is 7.17. The van der Waals surface area contributed by atoms with Crippen LogP contribution in [0.4, 0.5) is 17.6 Å². The standard InChI is InChI=1S/C10H16BrClF4/c11-10(15,16)9(13,14)7-5-3-1-2-4-6-8-12/h1-8H2. The molecular formula is C10H16BrClF4. The summed E-state index contributed by atoms with van der Waals surface area (Å²) in [6, 6.07) is 0. The third-order valence-electron chi connectivity index (χ3n) is 2.29. The van der Waals surface area contributed by atoms with Gasteiger partial charge in [-0.2, -0.15) is 17.6 Å². The number of unbranched alkanes of at least 4 members (excludes halogenated alkanes) is 5. The van der Waals surface area contributed by atoms with E-state index in [-0.39, 0.29) is 6.42 Å². The van der Waals surface area contributed by atoms with Gasteiger partial charge in [0, 0.05) is 12.3 Å². The summed E-state index contributed by atoms with van der Waals surface area (Å²) in [6.07, 6.45) is 3.49. The Labute approximate surface area is 107 Å². The molecule has 16 heavy (non-hydrogen) atoms. The van der Waals surface area contributed by atoms with Crippen LogP contribution < -0.4 is 0 Å². The van der Waals surface area contributed by atoms with Crippen LogP contribution in [0.3, 0.4) is 0 Å². The van der Waals surface area contributed by atoms with Gasteiger partial charge in [0.2, 0.25) is 0 Å². The van der Waals surface area contributed by atoms with Crippen LogP contribution in [-0.4, -0.2) is 16.6 Å². The van der Waals surface area contributed by atoms with E-state index >= 15 is 0 Å². The Kier molecular flexibility index (Phi) is 7.98. The molecule has 0 radical (unpaired) electrons. The molecule has 0 spiro atoms. The van der Waals surface area contributed by atoms with Gasteiger partial charge >= 0.3 is 10.8 Å². The molecular weight excluding hydrogens is 311 g/mol. The molecule has 0 saturated heterocycles. The molecule has 0 aromatic rings.